The fourth-order valence-corrected chi connectivity index (χ4v) is 3.61. The molecule has 1 amide bonds. The van der Waals surface area contributed by atoms with Crippen molar-refractivity contribution in [3.8, 4) is 0 Å². The van der Waals surface area contributed by atoms with Crippen molar-refractivity contribution >= 4 is 32.7 Å². The molecular formula is C20H28BrN3O2. The van der Waals surface area contributed by atoms with Crippen LogP contribution >= 0.6 is 15.9 Å². The summed E-state index contributed by atoms with van der Waals surface area (Å²) >= 11 is 3.49. The molecular weight excluding hydrogens is 394 g/mol. The number of allylic oxidation sites excluding steroid dienone is 1. The third-order valence-electron chi connectivity index (χ3n) is 4.60. The molecule has 0 spiro atoms. The van der Waals surface area contributed by atoms with Gasteiger partial charge in [-0.2, -0.15) is 0 Å². The minimum Gasteiger partial charge on any atom is -0.391 e. The van der Waals surface area contributed by atoms with E-state index in [1.54, 1.807) is 19.0 Å². The molecule has 0 saturated carbocycles. The number of piperidine rings is 1. The minimum atomic E-state index is -0.326. The molecule has 0 bridgehead atoms. The number of aliphatic hydroxyl groups excluding tert-OH is 1. The van der Waals surface area contributed by atoms with Crippen LogP contribution in [0, 0.1) is 0 Å². The van der Waals surface area contributed by atoms with Crippen molar-refractivity contribution in [3.63, 3.8) is 0 Å². The predicted molar refractivity (Wildman–Crippen MR) is 111 cm³/mol. The Labute approximate surface area is 163 Å². The summed E-state index contributed by atoms with van der Waals surface area (Å²) in [5.74, 6) is -0.00445. The number of halogens is 1. The van der Waals surface area contributed by atoms with Gasteiger partial charge < -0.3 is 19.9 Å². The summed E-state index contributed by atoms with van der Waals surface area (Å²) in [4.78, 5) is 14.1. The van der Waals surface area contributed by atoms with Gasteiger partial charge in [0.25, 0.3) is 5.91 Å². The molecule has 1 aliphatic rings. The first-order valence-electron chi connectivity index (χ1n) is 8.55. The number of aromatic nitrogens is 1. The number of benzene rings is 1. The van der Waals surface area contributed by atoms with Gasteiger partial charge >= 0.3 is 0 Å². The largest absolute Gasteiger partial charge is 0.391 e. The monoisotopic (exact) mass is 421 g/mol. The zero-order valence-electron chi connectivity index (χ0n) is 14.6. The van der Waals surface area contributed by atoms with Crippen LogP contribution in [0.4, 0.5) is 0 Å². The number of aliphatic hydroxyl groups is 1. The first kappa shape index (κ1) is 20.7. The van der Waals surface area contributed by atoms with Crippen molar-refractivity contribution in [1.82, 2.24) is 14.8 Å². The molecule has 5 nitrogen and oxygen atoms in total. The molecule has 2 N–H and O–H groups in total. The molecule has 2 heterocycles. The lowest BCUT2D eigenvalue weighted by Gasteiger charge is -2.26. The van der Waals surface area contributed by atoms with E-state index in [4.69, 9.17) is 0 Å². The number of carbonyl (C=O) groups excluding carboxylic acids is 1. The van der Waals surface area contributed by atoms with E-state index in [0.29, 0.717) is 12.1 Å². The topological polar surface area (TPSA) is 57.5 Å². The highest BCUT2D eigenvalue weighted by Gasteiger charge is 2.20. The van der Waals surface area contributed by atoms with Gasteiger partial charge in [-0.15, -0.1) is 0 Å². The van der Waals surface area contributed by atoms with E-state index < -0.39 is 0 Å². The molecule has 142 valence electrons. The Morgan fingerprint density at radius 2 is 2.23 bits per heavy atom. The van der Waals surface area contributed by atoms with E-state index in [2.05, 4.69) is 31.9 Å². The highest BCUT2D eigenvalue weighted by molar-refractivity contribution is 9.10. The van der Waals surface area contributed by atoms with Crippen LogP contribution in [0.5, 0.6) is 0 Å². The Kier molecular flexibility index (Phi) is 7.03. The van der Waals surface area contributed by atoms with Crippen molar-refractivity contribution in [2.45, 2.75) is 39.0 Å². The van der Waals surface area contributed by atoms with Crippen molar-refractivity contribution in [1.29, 1.82) is 0 Å². The van der Waals surface area contributed by atoms with Gasteiger partial charge in [0.05, 0.1) is 17.7 Å². The average Bonchev–Trinajstić information content (AvgIpc) is 2.93. The fraction of sp³-hybridized carbons (Fsp3) is 0.450. The van der Waals surface area contributed by atoms with Crippen LogP contribution < -0.4 is 5.32 Å². The summed E-state index contributed by atoms with van der Waals surface area (Å²) in [5, 5.41) is 14.3. The third kappa shape index (κ3) is 4.37. The molecule has 6 heteroatoms. The van der Waals surface area contributed by atoms with Crippen LogP contribution in [0.15, 0.2) is 41.0 Å². The van der Waals surface area contributed by atoms with Crippen LogP contribution in [0.2, 0.25) is 0 Å². The maximum atomic E-state index is 12.5. The molecule has 3 rings (SSSR count). The zero-order valence-corrected chi connectivity index (χ0v) is 16.2. The molecule has 1 fully saturated rings. The lowest BCUT2D eigenvalue weighted by Crippen LogP contribution is -2.43. The molecule has 26 heavy (non-hydrogen) atoms. The summed E-state index contributed by atoms with van der Waals surface area (Å²) in [6.45, 7) is 1.60. The predicted octanol–water partition coefficient (Wildman–Crippen LogP) is 3.41. The van der Waals surface area contributed by atoms with Gasteiger partial charge in [-0.3, -0.25) is 4.79 Å². The first-order valence-corrected chi connectivity index (χ1v) is 9.35. The van der Waals surface area contributed by atoms with E-state index in [0.717, 1.165) is 34.8 Å². The van der Waals surface area contributed by atoms with E-state index in [9.17, 15) is 9.90 Å². The average molecular weight is 422 g/mol. The normalized spacial score (nSPS) is 20.3. The summed E-state index contributed by atoms with van der Waals surface area (Å²) in [5.41, 5.74) is 1.72. The van der Waals surface area contributed by atoms with Crippen LogP contribution in [0.1, 0.15) is 30.6 Å². The first-order chi connectivity index (χ1) is 12.0. The Bertz CT molecular complexity index is 798. The molecule has 1 saturated heterocycles. The van der Waals surface area contributed by atoms with Gasteiger partial charge in [0.2, 0.25) is 0 Å². The van der Waals surface area contributed by atoms with Crippen molar-refractivity contribution in [2.75, 3.05) is 20.6 Å². The lowest BCUT2D eigenvalue weighted by molar-refractivity contribution is 0.0829. The maximum absolute atomic E-state index is 12.5. The number of hydrogen-bond donors (Lipinski definition) is 2. The zero-order chi connectivity index (χ0) is 18.0. The van der Waals surface area contributed by atoms with Crippen molar-refractivity contribution < 1.29 is 9.90 Å². The molecule has 0 aliphatic carbocycles. The van der Waals surface area contributed by atoms with Gasteiger partial charge in [-0.25, -0.2) is 0 Å². The smallest absolute Gasteiger partial charge is 0.255 e. The van der Waals surface area contributed by atoms with Gasteiger partial charge in [0.1, 0.15) is 0 Å². The third-order valence-corrected chi connectivity index (χ3v) is 5.09. The van der Waals surface area contributed by atoms with Crippen molar-refractivity contribution in [2.24, 2.45) is 0 Å². The van der Waals surface area contributed by atoms with E-state index >= 15 is 0 Å². The van der Waals surface area contributed by atoms with Crippen molar-refractivity contribution in [3.05, 3.63) is 46.6 Å². The quantitative estimate of drug-likeness (QED) is 0.743. The van der Waals surface area contributed by atoms with E-state index in [1.807, 2.05) is 30.5 Å². The van der Waals surface area contributed by atoms with Crippen LogP contribution in [0.25, 0.3) is 10.9 Å². The Hall–Kier alpha value is -1.63. The number of nitrogens with zero attached hydrogens (tertiary/aromatic N) is 2. The second-order valence-corrected chi connectivity index (χ2v) is 7.59. The summed E-state index contributed by atoms with van der Waals surface area (Å²) in [7, 11) is 3.53. The maximum Gasteiger partial charge on any atom is 0.255 e. The number of rotatable bonds is 4. The summed E-state index contributed by atoms with van der Waals surface area (Å²) in [6.07, 6.45) is 7.52. The number of nitrogens with one attached hydrogen (secondary N) is 1. The lowest BCUT2D eigenvalue weighted by atomic mass is 10.0. The fourth-order valence-electron chi connectivity index (χ4n) is 3.24. The molecule has 1 aromatic heterocycles. The highest BCUT2D eigenvalue weighted by atomic mass is 79.9. The number of fused-ring (bicyclic) bond motifs is 1. The Balaban J connectivity index is 0.00000243. The van der Waals surface area contributed by atoms with E-state index in [1.165, 1.54) is 0 Å². The van der Waals surface area contributed by atoms with Crippen LogP contribution in [-0.4, -0.2) is 53.3 Å². The Morgan fingerprint density at radius 1 is 1.46 bits per heavy atom. The Morgan fingerprint density at radius 3 is 2.92 bits per heavy atom. The molecule has 0 radical (unpaired) electrons. The second-order valence-electron chi connectivity index (χ2n) is 6.67. The number of hydrogen-bond acceptors (Lipinski definition) is 3. The highest BCUT2D eigenvalue weighted by Crippen LogP contribution is 2.26. The minimum absolute atomic E-state index is 0. The SMILES string of the molecule is C.CN(C)C(=O)c1cn(C/C=C/[C@H]2NCCC[C@@H]2O)c2ccc(Br)cc12. The molecule has 0 unspecified atom stereocenters. The van der Waals surface area contributed by atoms with Gasteiger partial charge in [-0.1, -0.05) is 35.5 Å². The standard InChI is InChI=1S/C19H24BrN3O2.CH4/c1-22(2)19(25)15-12-23(17-8-7-13(20)11-14(15)17)10-4-5-16-18(24)6-3-9-21-16;/h4-5,7-8,11-12,16,18,21,24H,3,6,9-10H2,1-2H3;1H4/b5-4+;/t16-,18+;/m1./s1. The van der Waals surface area contributed by atoms with Crippen LogP contribution in [0.3, 0.4) is 0 Å². The van der Waals surface area contributed by atoms with Crippen LogP contribution in [-0.2, 0) is 6.54 Å². The molecule has 2 aromatic rings. The molecule has 1 aromatic carbocycles. The summed E-state index contributed by atoms with van der Waals surface area (Å²) in [6, 6.07) is 6.00. The summed E-state index contributed by atoms with van der Waals surface area (Å²) < 4.78 is 3.03. The van der Waals surface area contributed by atoms with E-state index in [-0.39, 0.29) is 25.5 Å². The number of carbonyl (C=O) groups is 1. The number of amides is 1. The second kappa shape index (κ2) is 8.84. The van der Waals surface area contributed by atoms with Gasteiger partial charge in [0.15, 0.2) is 0 Å². The van der Waals surface area contributed by atoms with Gasteiger partial charge in [-0.05, 0) is 37.6 Å². The molecule has 2 atom stereocenters. The molecule has 1 aliphatic heterocycles. The van der Waals surface area contributed by atoms with Gasteiger partial charge in [0, 0.05) is 42.2 Å².